The van der Waals surface area contributed by atoms with Crippen molar-refractivity contribution >= 4 is 39.0 Å². The van der Waals surface area contributed by atoms with Crippen molar-refractivity contribution in [1.29, 1.82) is 0 Å². The van der Waals surface area contributed by atoms with Crippen LogP contribution in [0, 0.1) is 17.8 Å². The molecule has 2 aliphatic carbocycles. The maximum atomic E-state index is 14.8. The van der Waals surface area contributed by atoms with E-state index in [4.69, 9.17) is 35.3 Å². The summed E-state index contributed by atoms with van der Waals surface area (Å²) < 4.78 is 50.2. The minimum absolute atomic E-state index is 0.0914. The zero-order valence-corrected chi connectivity index (χ0v) is 33.4. The van der Waals surface area contributed by atoms with Gasteiger partial charge >= 0.3 is 6.01 Å². The molecule has 15 heteroatoms. The molecule has 1 aromatic heterocycles. The first-order chi connectivity index (χ1) is 26.5. The molecule has 0 saturated heterocycles. The van der Waals surface area contributed by atoms with E-state index >= 15 is 0 Å². The van der Waals surface area contributed by atoms with Crippen LogP contribution in [0.2, 0.25) is 5.02 Å². The van der Waals surface area contributed by atoms with Gasteiger partial charge in [0, 0.05) is 36.2 Å². The maximum Gasteiger partial charge on any atom is 0.322 e. The molecule has 2 bridgehead atoms. The van der Waals surface area contributed by atoms with Gasteiger partial charge in [0.25, 0.3) is 11.8 Å². The molecule has 2 aromatic carbocycles. The van der Waals surface area contributed by atoms with Crippen molar-refractivity contribution in [3.63, 3.8) is 0 Å². The van der Waals surface area contributed by atoms with Gasteiger partial charge < -0.3 is 28.6 Å². The van der Waals surface area contributed by atoms with E-state index in [0.29, 0.717) is 37.2 Å². The fraction of sp³-hybridized carbons (Fsp3) is 0.500. The number of aryl methyl sites for hydroxylation is 1. The number of ether oxygens (including phenoxy) is 5. The summed E-state index contributed by atoms with van der Waals surface area (Å²) in [7, 11) is 2.00. The Balaban J connectivity index is 1.31. The molecular weight excluding hydrogens is 746 g/mol. The minimum Gasteiger partial charge on any atom is -0.490 e. The predicted molar refractivity (Wildman–Crippen MR) is 209 cm³/mol. The quantitative estimate of drug-likeness (QED) is 0.284. The Bertz CT molecular complexity index is 2100. The number of benzene rings is 2. The van der Waals surface area contributed by atoms with Crippen molar-refractivity contribution in [3.05, 3.63) is 75.8 Å². The number of amides is 2. The van der Waals surface area contributed by atoms with Crippen molar-refractivity contribution in [2.45, 2.75) is 57.0 Å². The van der Waals surface area contributed by atoms with Crippen LogP contribution in [0.25, 0.3) is 0 Å². The zero-order chi connectivity index (χ0) is 38.9. The van der Waals surface area contributed by atoms with Gasteiger partial charge in [0.05, 0.1) is 45.5 Å². The van der Waals surface area contributed by atoms with Crippen LogP contribution in [0.3, 0.4) is 0 Å². The molecule has 0 radical (unpaired) electrons. The van der Waals surface area contributed by atoms with Gasteiger partial charge in [0.1, 0.15) is 15.7 Å². The summed E-state index contributed by atoms with van der Waals surface area (Å²) >= 11 is 6.47. The first kappa shape index (κ1) is 38.9. The number of fused-ring (bicyclic) bond motifs is 4. The largest absolute Gasteiger partial charge is 0.490 e. The van der Waals surface area contributed by atoms with E-state index in [-0.39, 0.29) is 52.1 Å². The van der Waals surface area contributed by atoms with E-state index < -0.39 is 21.7 Å². The number of hydrogen-bond acceptors (Lipinski definition) is 11. The highest BCUT2D eigenvalue weighted by molar-refractivity contribution is 7.92. The number of anilines is 1. The molecule has 6 atom stereocenters. The highest BCUT2D eigenvalue weighted by Crippen LogP contribution is 2.47. The van der Waals surface area contributed by atoms with Gasteiger partial charge in [0.2, 0.25) is 11.8 Å². The lowest BCUT2D eigenvalue weighted by atomic mass is 9.68. The fourth-order valence-corrected chi connectivity index (χ4v) is 10.6. The molecule has 13 nitrogen and oxygen atoms in total. The number of hydrogen-bond donors (Lipinski definition) is 1. The van der Waals surface area contributed by atoms with Gasteiger partial charge in [-0.1, -0.05) is 36.7 Å². The van der Waals surface area contributed by atoms with Crippen LogP contribution in [0.5, 0.6) is 23.5 Å². The van der Waals surface area contributed by atoms with Crippen molar-refractivity contribution in [3.8, 4) is 23.5 Å². The van der Waals surface area contributed by atoms with Gasteiger partial charge in [-0.2, -0.15) is 9.97 Å². The van der Waals surface area contributed by atoms with E-state index in [1.807, 2.05) is 19.1 Å². The summed E-state index contributed by atoms with van der Waals surface area (Å²) in [5.74, 6) is -0.992. The molecule has 2 aliphatic heterocycles. The summed E-state index contributed by atoms with van der Waals surface area (Å²) in [4.78, 5) is 38.6. The molecule has 55 heavy (non-hydrogen) atoms. The molecule has 294 valence electrons. The normalized spacial score (nSPS) is 28.3. The van der Waals surface area contributed by atoms with Gasteiger partial charge in [0.15, 0.2) is 5.56 Å². The number of nitrogens with one attached hydrogen (secondary N) is 1. The smallest absolute Gasteiger partial charge is 0.322 e. The number of nitrogens with zero attached hydrogens (tertiary/aromatic N) is 4. The molecule has 1 unspecified atom stereocenters. The Morgan fingerprint density at radius 1 is 1.05 bits per heavy atom. The van der Waals surface area contributed by atoms with Crippen LogP contribution in [0.4, 0.5) is 5.69 Å². The lowest BCUT2D eigenvalue weighted by molar-refractivity contribution is 0.0131. The van der Waals surface area contributed by atoms with Gasteiger partial charge in [-0.05, 0) is 97.7 Å². The first-order valence-electron chi connectivity index (χ1n) is 18.6. The Hall–Kier alpha value is -4.40. The van der Waals surface area contributed by atoms with Crippen molar-refractivity contribution < 1.29 is 37.5 Å². The third-order valence-electron chi connectivity index (χ3n) is 11.4. The van der Waals surface area contributed by atoms with Crippen LogP contribution in [0.15, 0.2) is 52.9 Å². The number of aromatic nitrogens is 2. The van der Waals surface area contributed by atoms with Gasteiger partial charge in [-0.15, -0.1) is 4.36 Å². The SMILES string of the molecule is COc1nc(OC)c(C(=O)NS2(=O)=NC(=O)c3ccc4c(c3)N(C[C@@H]3CC[C@H]3[C@@H](OC)/C=C\C[C@H](C)C2)C[C@@]2(CCCc3cc(Cl)ccc32)CO4)c(OC)n1. The Morgan fingerprint density at radius 3 is 2.53 bits per heavy atom. The molecule has 2 amide bonds. The van der Waals surface area contributed by atoms with Crippen LogP contribution in [-0.4, -0.2) is 86.0 Å². The summed E-state index contributed by atoms with van der Waals surface area (Å²) in [6.07, 6.45) is 9.53. The average molecular weight is 794 g/mol. The van der Waals surface area contributed by atoms with Crippen LogP contribution >= 0.6 is 11.6 Å². The van der Waals surface area contributed by atoms with Gasteiger partial charge in [-0.3, -0.25) is 14.3 Å². The monoisotopic (exact) mass is 793 g/mol. The maximum absolute atomic E-state index is 14.8. The van der Waals surface area contributed by atoms with E-state index in [9.17, 15) is 13.8 Å². The van der Waals surface area contributed by atoms with Crippen LogP contribution in [-0.2, 0) is 26.5 Å². The Labute approximate surface area is 327 Å². The number of rotatable bonds is 6. The Kier molecular flexibility index (Phi) is 11.3. The molecule has 1 N–H and O–H groups in total. The standard InChI is InChI=1S/C40H48ClN5O8S/c1-24-8-6-10-32(50-2)29-14-11-27(29)20-46-22-40(17-7-9-25-18-28(41)13-15-30(25)40)23-54-33-16-12-26(19-31(33)46)35(47)44-55(49,21-24)45-36(48)34-37(51-3)42-39(53-5)43-38(34)52-4/h6,10,12-13,15-16,18-19,24,27,29,32H,7-9,11,14,17,20-23H2,1-5H3,(H,44,45,47,48,49)/b10-6-/t24-,27-,29+,32-,40-,55?/m0/s1. The molecule has 4 aliphatic rings. The summed E-state index contributed by atoms with van der Waals surface area (Å²) in [5, 5.41) is 0.722. The molecule has 1 saturated carbocycles. The molecule has 3 aromatic rings. The van der Waals surface area contributed by atoms with E-state index in [0.717, 1.165) is 49.4 Å². The second-order valence-corrected chi connectivity index (χ2v) is 17.4. The van der Waals surface area contributed by atoms with Gasteiger partial charge in [-0.25, -0.2) is 4.21 Å². The average Bonchev–Trinajstić information content (AvgIpc) is 3.31. The van der Waals surface area contributed by atoms with Crippen molar-refractivity contribution in [1.82, 2.24) is 14.7 Å². The van der Waals surface area contributed by atoms with Crippen molar-refractivity contribution in [2.75, 3.05) is 58.8 Å². The molecule has 1 fully saturated rings. The summed E-state index contributed by atoms with van der Waals surface area (Å²) in [6.45, 7) is 3.79. The van der Waals surface area contributed by atoms with Crippen molar-refractivity contribution in [2.24, 2.45) is 22.1 Å². The second-order valence-electron chi connectivity index (χ2n) is 15.0. The van der Waals surface area contributed by atoms with E-state index in [2.05, 4.69) is 42.2 Å². The molecule has 1 spiro atoms. The molecule has 3 heterocycles. The number of halogens is 1. The zero-order valence-electron chi connectivity index (χ0n) is 31.8. The van der Waals surface area contributed by atoms with Crippen LogP contribution < -0.4 is 28.6 Å². The number of methoxy groups -OCH3 is 4. The lowest BCUT2D eigenvalue weighted by Gasteiger charge is -2.46. The number of carbonyl (C=O) groups is 2. The minimum atomic E-state index is -3.75. The summed E-state index contributed by atoms with van der Waals surface area (Å²) in [6, 6.07) is 11.3. The first-order valence-corrected chi connectivity index (χ1v) is 20.7. The second kappa shape index (κ2) is 16.0. The summed E-state index contributed by atoms with van der Waals surface area (Å²) in [5.41, 5.74) is 2.98. The van der Waals surface area contributed by atoms with E-state index in [1.165, 1.54) is 32.5 Å². The third-order valence-corrected chi connectivity index (χ3v) is 13.6. The highest BCUT2D eigenvalue weighted by atomic mass is 35.5. The number of carbonyl (C=O) groups excluding carboxylic acids is 2. The fourth-order valence-electron chi connectivity index (χ4n) is 8.55. The highest BCUT2D eigenvalue weighted by Gasteiger charge is 2.44. The molecular formula is C40H48ClN5O8S. The number of allylic oxidation sites excluding steroid dienone is 1. The predicted octanol–water partition coefficient (Wildman–Crippen LogP) is 6.22. The topological polar surface area (TPSA) is 151 Å². The van der Waals surface area contributed by atoms with Crippen LogP contribution in [0.1, 0.15) is 70.9 Å². The van der Waals surface area contributed by atoms with E-state index in [1.54, 1.807) is 25.3 Å². The lowest BCUT2D eigenvalue weighted by Crippen LogP contribution is -2.49. The Morgan fingerprint density at radius 2 is 1.84 bits per heavy atom. The molecule has 7 rings (SSSR count). The third kappa shape index (κ3) is 7.86.